The summed E-state index contributed by atoms with van der Waals surface area (Å²) >= 11 is 0. The largest absolute Gasteiger partial charge is 0.496 e. The zero-order valence-corrected chi connectivity index (χ0v) is 17.1. The van der Waals surface area contributed by atoms with E-state index in [1.807, 2.05) is 0 Å². The van der Waals surface area contributed by atoms with Gasteiger partial charge in [0.25, 0.3) is 5.91 Å². The molecule has 2 N–H and O–H groups in total. The number of halogens is 4. The van der Waals surface area contributed by atoms with E-state index in [9.17, 15) is 27.5 Å². The van der Waals surface area contributed by atoms with Crippen LogP contribution < -0.4 is 10.1 Å². The Morgan fingerprint density at radius 3 is 2.55 bits per heavy atom. The molecule has 0 fully saturated rings. The third-order valence-electron chi connectivity index (χ3n) is 5.77. The van der Waals surface area contributed by atoms with E-state index in [0.717, 1.165) is 12.1 Å². The summed E-state index contributed by atoms with van der Waals surface area (Å²) in [6.45, 7) is 3.01. The van der Waals surface area contributed by atoms with Crippen molar-refractivity contribution in [1.29, 1.82) is 0 Å². The molecule has 0 saturated carbocycles. The van der Waals surface area contributed by atoms with Crippen LogP contribution in [0.5, 0.6) is 5.75 Å². The Labute approximate surface area is 176 Å². The molecule has 0 aromatic heterocycles. The molecule has 9 heteroatoms. The van der Waals surface area contributed by atoms with Gasteiger partial charge in [0, 0.05) is 30.3 Å². The molecule has 0 radical (unpaired) electrons. The fraction of sp³-hybridized carbons (Fsp3) is 0.364. The molecular formula is C22H22F4N2O3. The smallest absolute Gasteiger partial charge is 0.422 e. The number of ether oxygens (including phenoxy) is 1. The van der Waals surface area contributed by atoms with Crippen LogP contribution in [-0.2, 0) is 6.54 Å². The van der Waals surface area contributed by atoms with Gasteiger partial charge in [0.1, 0.15) is 11.6 Å². The molecule has 1 aliphatic heterocycles. The number of nitrogens with one attached hydrogen (secondary N) is 1. The number of carbonyl (C=O) groups excluding carboxylic acids is 1. The zero-order valence-electron chi connectivity index (χ0n) is 17.1. The lowest BCUT2D eigenvalue weighted by Gasteiger charge is -2.36. The van der Waals surface area contributed by atoms with Gasteiger partial charge in [-0.1, -0.05) is 19.9 Å². The highest BCUT2D eigenvalue weighted by atomic mass is 19.4. The highest BCUT2D eigenvalue weighted by molar-refractivity contribution is 5.98. The van der Waals surface area contributed by atoms with Crippen LogP contribution >= 0.6 is 0 Å². The fourth-order valence-corrected chi connectivity index (χ4v) is 3.63. The Morgan fingerprint density at radius 1 is 1.19 bits per heavy atom. The van der Waals surface area contributed by atoms with Crippen molar-refractivity contribution in [3.63, 3.8) is 0 Å². The minimum absolute atomic E-state index is 0.0941. The second-order valence-electron chi connectivity index (χ2n) is 7.57. The van der Waals surface area contributed by atoms with Crippen molar-refractivity contribution in [2.75, 3.05) is 7.11 Å². The molecule has 0 spiro atoms. The Balaban J connectivity index is 1.95. The van der Waals surface area contributed by atoms with Gasteiger partial charge in [-0.25, -0.2) is 4.39 Å². The Hall–Kier alpha value is -2.94. The number of hydrogen-bond acceptors (Lipinski definition) is 4. The number of benzene rings is 2. The van der Waals surface area contributed by atoms with Gasteiger partial charge in [0.2, 0.25) is 0 Å². The molecule has 0 saturated heterocycles. The van der Waals surface area contributed by atoms with Crippen LogP contribution in [0.2, 0.25) is 0 Å². The van der Waals surface area contributed by atoms with Crippen LogP contribution in [0, 0.1) is 11.7 Å². The maximum absolute atomic E-state index is 14.0. The number of methoxy groups -OCH3 is 1. The number of hydrogen-bond donors (Lipinski definition) is 2. The number of rotatable bonds is 6. The van der Waals surface area contributed by atoms with E-state index >= 15 is 0 Å². The summed E-state index contributed by atoms with van der Waals surface area (Å²) in [5.41, 5.74) is -1.70. The first-order valence-electron chi connectivity index (χ1n) is 9.57. The average molecular weight is 438 g/mol. The molecule has 3 unspecified atom stereocenters. The molecule has 1 amide bonds. The highest BCUT2D eigenvalue weighted by Gasteiger charge is 2.57. The molecule has 2 aromatic carbocycles. The topological polar surface area (TPSA) is 70.9 Å². The van der Waals surface area contributed by atoms with Gasteiger partial charge in [0.15, 0.2) is 5.60 Å². The summed E-state index contributed by atoms with van der Waals surface area (Å²) in [6.07, 6.45) is -4.54. The minimum Gasteiger partial charge on any atom is -0.496 e. The van der Waals surface area contributed by atoms with Crippen LogP contribution in [0.25, 0.3) is 0 Å². The normalized spacial score (nSPS) is 17.7. The van der Waals surface area contributed by atoms with Crippen LogP contribution in [0.15, 0.2) is 41.4 Å². The Bertz CT molecular complexity index is 1020. The van der Waals surface area contributed by atoms with Crippen LogP contribution in [0.4, 0.5) is 23.2 Å². The van der Waals surface area contributed by atoms with Gasteiger partial charge in [0.05, 0.1) is 12.8 Å². The number of nitrogens with zero attached hydrogens (tertiary/aromatic N) is 1. The van der Waals surface area contributed by atoms with Crippen molar-refractivity contribution >= 4 is 17.8 Å². The van der Waals surface area contributed by atoms with Gasteiger partial charge in [-0.2, -0.15) is 13.2 Å². The van der Waals surface area contributed by atoms with Gasteiger partial charge in [-0.3, -0.25) is 9.79 Å². The number of aliphatic imine (C=N–C) groups is 1. The summed E-state index contributed by atoms with van der Waals surface area (Å²) in [7, 11) is 1.29. The SMILES string of the molecule is COc1cc(F)ccc1C(C)C(C)C(O)(C=Nc1ccc2c(c1)CNC2=O)C(F)(F)F. The molecule has 3 atom stereocenters. The summed E-state index contributed by atoms with van der Waals surface area (Å²) in [5, 5.41) is 13.3. The monoisotopic (exact) mass is 438 g/mol. The summed E-state index contributed by atoms with van der Waals surface area (Å²) in [4.78, 5) is 15.5. The molecule has 31 heavy (non-hydrogen) atoms. The van der Waals surface area contributed by atoms with Crippen molar-refractivity contribution < 1.29 is 32.2 Å². The van der Waals surface area contributed by atoms with Crippen molar-refractivity contribution in [2.24, 2.45) is 10.9 Å². The quantitative estimate of drug-likeness (QED) is 0.515. The number of amides is 1. The lowest BCUT2D eigenvalue weighted by Crippen LogP contribution is -2.53. The summed E-state index contributed by atoms with van der Waals surface area (Å²) < 4.78 is 60.5. The molecule has 2 aromatic rings. The highest BCUT2D eigenvalue weighted by Crippen LogP contribution is 2.44. The molecule has 1 heterocycles. The number of aliphatic hydroxyl groups is 1. The van der Waals surface area contributed by atoms with E-state index in [1.54, 1.807) is 0 Å². The average Bonchev–Trinajstić information content (AvgIpc) is 3.10. The first-order valence-corrected chi connectivity index (χ1v) is 9.57. The van der Waals surface area contributed by atoms with Crippen LogP contribution in [-0.4, -0.2) is 36.1 Å². The second-order valence-corrected chi connectivity index (χ2v) is 7.57. The Kier molecular flexibility index (Phi) is 6.09. The molecular weight excluding hydrogens is 416 g/mol. The molecule has 0 bridgehead atoms. The third-order valence-corrected chi connectivity index (χ3v) is 5.77. The standard InChI is InChI=1S/C22H22F4N2O3/c1-12(17-6-4-15(23)9-19(17)31-3)13(2)21(30,22(24,25)26)11-28-16-5-7-18-14(8-16)10-27-20(18)29/h4-9,11-13,30H,10H2,1-3H3,(H,27,29). The zero-order chi connectivity index (χ0) is 23.0. The van der Waals surface area contributed by atoms with Crippen molar-refractivity contribution in [3.8, 4) is 5.75 Å². The lowest BCUT2D eigenvalue weighted by molar-refractivity contribution is -0.246. The van der Waals surface area contributed by atoms with Gasteiger partial charge >= 0.3 is 6.18 Å². The Morgan fingerprint density at radius 2 is 1.90 bits per heavy atom. The van der Waals surface area contributed by atoms with Crippen molar-refractivity contribution in [2.45, 2.75) is 38.1 Å². The molecule has 5 nitrogen and oxygen atoms in total. The van der Waals surface area contributed by atoms with E-state index in [2.05, 4.69) is 10.3 Å². The summed E-state index contributed by atoms with van der Waals surface area (Å²) in [5.74, 6) is -2.98. The first kappa shape index (κ1) is 22.7. The van der Waals surface area contributed by atoms with Crippen molar-refractivity contribution in [3.05, 3.63) is 58.9 Å². The molecule has 0 aliphatic carbocycles. The van der Waals surface area contributed by atoms with E-state index < -0.39 is 29.4 Å². The third kappa shape index (κ3) is 4.27. The van der Waals surface area contributed by atoms with Gasteiger partial charge < -0.3 is 15.2 Å². The molecule has 1 aliphatic rings. The van der Waals surface area contributed by atoms with E-state index in [-0.39, 0.29) is 23.9 Å². The first-order chi connectivity index (χ1) is 14.5. The fourth-order valence-electron chi connectivity index (χ4n) is 3.63. The lowest BCUT2D eigenvalue weighted by atomic mass is 9.77. The number of alkyl halides is 3. The maximum Gasteiger partial charge on any atom is 0.422 e. The summed E-state index contributed by atoms with van der Waals surface area (Å²) in [6, 6.07) is 7.94. The predicted octanol–water partition coefficient (Wildman–Crippen LogP) is 4.51. The maximum atomic E-state index is 14.0. The molecule has 3 rings (SSSR count). The predicted molar refractivity (Wildman–Crippen MR) is 107 cm³/mol. The number of carbonyl (C=O) groups is 1. The van der Waals surface area contributed by atoms with Crippen molar-refractivity contribution in [1.82, 2.24) is 5.32 Å². The minimum atomic E-state index is -5.02. The van der Waals surface area contributed by atoms with Gasteiger partial charge in [-0.15, -0.1) is 0 Å². The molecule has 166 valence electrons. The van der Waals surface area contributed by atoms with E-state index in [4.69, 9.17) is 4.74 Å². The second kappa shape index (κ2) is 8.30. The number of fused-ring (bicyclic) bond motifs is 1. The van der Waals surface area contributed by atoms with Crippen LogP contribution in [0.1, 0.15) is 41.3 Å². The van der Waals surface area contributed by atoms with Crippen LogP contribution in [0.3, 0.4) is 0 Å². The van der Waals surface area contributed by atoms with Gasteiger partial charge in [-0.05, 0) is 41.3 Å². The van der Waals surface area contributed by atoms with E-state index in [1.165, 1.54) is 45.2 Å². The van der Waals surface area contributed by atoms with E-state index in [0.29, 0.717) is 22.9 Å².